The van der Waals surface area contributed by atoms with Crippen molar-refractivity contribution in [2.45, 2.75) is 31.3 Å². The van der Waals surface area contributed by atoms with Crippen LogP contribution in [-0.4, -0.2) is 20.8 Å². The maximum atomic E-state index is 11.7. The van der Waals surface area contributed by atoms with E-state index in [1.54, 1.807) is 45.0 Å². The number of nitrogens with one attached hydrogen (secondary N) is 1. The van der Waals surface area contributed by atoms with E-state index >= 15 is 0 Å². The molecule has 0 aromatic heterocycles. The smallest absolute Gasteiger partial charge is 0.412 e. The average molecular weight is 283 g/mol. The molecule has 0 saturated carbocycles. The maximum Gasteiger partial charge on any atom is 0.412 e. The Balaban J connectivity index is 2.22. The second kappa shape index (κ2) is 4.56. The molecule has 3 N–H and O–H groups in total. The van der Waals surface area contributed by atoms with Crippen LogP contribution in [0.25, 0.3) is 6.08 Å². The summed E-state index contributed by atoms with van der Waals surface area (Å²) in [5.41, 5.74) is 0.523. The molecule has 2 rings (SSSR count). The van der Waals surface area contributed by atoms with E-state index in [2.05, 4.69) is 5.32 Å². The minimum absolute atomic E-state index is 0.418. The Morgan fingerprint density at radius 2 is 2.00 bits per heavy atom. The van der Waals surface area contributed by atoms with Gasteiger partial charge in [0.1, 0.15) is 5.60 Å². The van der Waals surface area contributed by atoms with Crippen molar-refractivity contribution in [3.05, 3.63) is 29.2 Å². The van der Waals surface area contributed by atoms with Crippen LogP contribution in [0.3, 0.4) is 0 Å². The molecule has 1 aliphatic heterocycles. The number of hydrogen-bond acceptors (Lipinski definition) is 4. The number of benzene rings is 1. The van der Waals surface area contributed by atoms with Crippen molar-refractivity contribution in [2.24, 2.45) is 0 Å². The highest BCUT2D eigenvalue weighted by molar-refractivity contribution is 8.27. The number of rotatable bonds is 1. The van der Waals surface area contributed by atoms with Crippen molar-refractivity contribution >= 4 is 28.4 Å². The van der Waals surface area contributed by atoms with Gasteiger partial charge in [0.15, 0.2) is 0 Å². The summed E-state index contributed by atoms with van der Waals surface area (Å²) in [4.78, 5) is 12.1. The van der Waals surface area contributed by atoms with Crippen LogP contribution < -0.4 is 5.32 Å². The molecule has 5 nitrogen and oxygen atoms in total. The number of anilines is 1. The van der Waals surface area contributed by atoms with Gasteiger partial charge in [-0.1, -0.05) is 6.07 Å². The van der Waals surface area contributed by atoms with Gasteiger partial charge in [-0.25, -0.2) is 4.79 Å². The molecule has 0 atom stereocenters. The van der Waals surface area contributed by atoms with E-state index in [9.17, 15) is 13.9 Å². The predicted octanol–water partition coefficient (Wildman–Crippen LogP) is 4.13. The third-order valence-corrected chi connectivity index (χ3v) is 3.97. The molecule has 1 aromatic rings. The van der Waals surface area contributed by atoms with E-state index in [0.29, 0.717) is 16.1 Å². The standard InChI is InChI=1S/C13H17NO4S/c1-13(2,3)18-12(15)14-10-5-4-6-11-9(10)7-8-19(11,16)17/h4-8,16-17H,1-3H3,(H,14,15). The summed E-state index contributed by atoms with van der Waals surface area (Å²) in [6, 6.07) is 4.98. The van der Waals surface area contributed by atoms with Gasteiger partial charge in [-0.05, 0) is 39.0 Å². The zero-order valence-electron chi connectivity index (χ0n) is 11.0. The zero-order chi connectivity index (χ0) is 14.3. The Labute approximate surface area is 113 Å². The molecule has 1 aliphatic rings. The van der Waals surface area contributed by atoms with Crippen molar-refractivity contribution in [3.8, 4) is 0 Å². The molecule has 0 unspecified atom stereocenters. The molecular weight excluding hydrogens is 266 g/mol. The molecule has 1 heterocycles. The molecule has 0 radical (unpaired) electrons. The van der Waals surface area contributed by atoms with Crippen LogP contribution in [0.5, 0.6) is 0 Å². The molecule has 19 heavy (non-hydrogen) atoms. The van der Waals surface area contributed by atoms with Crippen LogP contribution in [0.15, 0.2) is 28.5 Å². The first-order valence-electron chi connectivity index (χ1n) is 5.78. The normalized spacial score (nSPS) is 17.7. The van der Waals surface area contributed by atoms with Crippen LogP contribution in [0, 0.1) is 0 Å². The molecule has 1 amide bonds. The Kier molecular flexibility index (Phi) is 3.34. The Hall–Kier alpha value is -1.50. The minimum atomic E-state index is -2.87. The van der Waals surface area contributed by atoms with Gasteiger partial charge < -0.3 is 4.74 Å². The van der Waals surface area contributed by atoms with E-state index in [1.807, 2.05) is 0 Å². The third-order valence-electron chi connectivity index (χ3n) is 2.45. The van der Waals surface area contributed by atoms with E-state index in [4.69, 9.17) is 4.74 Å². The third kappa shape index (κ3) is 3.09. The number of hydrogen-bond donors (Lipinski definition) is 3. The highest BCUT2D eigenvalue weighted by Gasteiger charge is 2.25. The molecule has 0 saturated heterocycles. The van der Waals surface area contributed by atoms with Crippen molar-refractivity contribution in [3.63, 3.8) is 0 Å². The number of carbonyl (C=O) groups is 1. The van der Waals surface area contributed by atoms with Crippen molar-refractivity contribution in [1.82, 2.24) is 0 Å². The molecule has 0 aliphatic carbocycles. The summed E-state index contributed by atoms with van der Waals surface area (Å²) in [6.45, 7) is 5.33. The topological polar surface area (TPSA) is 78.8 Å². The van der Waals surface area contributed by atoms with E-state index in [-0.39, 0.29) is 0 Å². The number of fused-ring (bicyclic) bond motifs is 1. The van der Waals surface area contributed by atoms with E-state index in [0.717, 1.165) is 0 Å². The summed E-state index contributed by atoms with van der Waals surface area (Å²) in [5.74, 6) is 0. The number of ether oxygens (including phenoxy) is 1. The first-order valence-corrected chi connectivity index (χ1v) is 7.39. The maximum absolute atomic E-state index is 11.7. The average Bonchev–Trinajstić information content (AvgIpc) is 2.53. The molecule has 6 heteroatoms. The van der Waals surface area contributed by atoms with Gasteiger partial charge in [0.25, 0.3) is 0 Å². The van der Waals surface area contributed by atoms with Crippen LogP contribution in [0.2, 0.25) is 0 Å². The number of carbonyl (C=O) groups excluding carboxylic acids is 1. The monoisotopic (exact) mass is 283 g/mol. The minimum Gasteiger partial charge on any atom is -0.444 e. The highest BCUT2D eigenvalue weighted by atomic mass is 32.3. The zero-order valence-corrected chi connectivity index (χ0v) is 11.8. The first-order chi connectivity index (χ1) is 8.69. The number of amides is 1. The summed E-state index contributed by atoms with van der Waals surface area (Å²) >= 11 is 0. The molecule has 0 fully saturated rings. The Bertz CT molecular complexity index is 546. The van der Waals surface area contributed by atoms with Gasteiger partial charge in [0.2, 0.25) is 0 Å². The fourth-order valence-corrected chi connectivity index (χ4v) is 2.99. The van der Waals surface area contributed by atoms with Crippen molar-refractivity contribution in [1.29, 1.82) is 0 Å². The fourth-order valence-electron chi connectivity index (χ4n) is 1.74. The largest absolute Gasteiger partial charge is 0.444 e. The second-order valence-corrected chi connectivity index (χ2v) is 7.14. The van der Waals surface area contributed by atoms with Crippen LogP contribution in [-0.2, 0) is 4.74 Å². The molecule has 104 valence electrons. The molecule has 0 bridgehead atoms. The summed E-state index contributed by atoms with van der Waals surface area (Å²) in [6.07, 6.45) is 1.02. The van der Waals surface area contributed by atoms with Gasteiger partial charge in [-0.3, -0.25) is 14.4 Å². The van der Waals surface area contributed by atoms with Gasteiger partial charge in [-0.2, -0.15) is 0 Å². The van der Waals surface area contributed by atoms with Crippen LogP contribution >= 0.6 is 10.6 Å². The van der Waals surface area contributed by atoms with Gasteiger partial charge in [0, 0.05) is 11.0 Å². The Morgan fingerprint density at radius 3 is 2.63 bits per heavy atom. The van der Waals surface area contributed by atoms with Crippen LogP contribution in [0.4, 0.5) is 10.5 Å². The van der Waals surface area contributed by atoms with Crippen LogP contribution in [0.1, 0.15) is 26.3 Å². The predicted molar refractivity (Wildman–Crippen MR) is 76.4 cm³/mol. The van der Waals surface area contributed by atoms with Gasteiger partial charge in [0.05, 0.1) is 10.6 Å². The molecule has 1 aromatic carbocycles. The molecule has 0 spiro atoms. The SMILES string of the molecule is CC(C)(C)OC(=O)Nc1cccc2c1C=CS2(O)O. The lowest BCUT2D eigenvalue weighted by atomic mass is 10.2. The lowest BCUT2D eigenvalue weighted by Gasteiger charge is -2.26. The van der Waals surface area contributed by atoms with Crippen molar-refractivity contribution < 1.29 is 18.6 Å². The van der Waals surface area contributed by atoms with E-state index < -0.39 is 22.3 Å². The lowest BCUT2D eigenvalue weighted by Crippen LogP contribution is -2.27. The summed E-state index contributed by atoms with van der Waals surface area (Å²) < 4.78 is 24.8. The summed E-state index contributed by atoms with van der Waals surface area (Å²) in [7, 11) is -2.87. The lowest BCUT2D eigenvalue weighted by molar-refractivity contribution is 0.0636. The van der Waals surface area contributed by atoms with E-state index in [1.165, 1.54) is 5.41 Å². The van der Waals surface area contributed by atoms with Gasteiger partial charge >= 0.3 is 6.09 Å². The highest BCUT2D eigenvalue weighted by Crippen LogP contribution is 2.57. The quantitative estimate of drug-likeness (QED) is 0.724. The second-order valence-electron chi connectivity index (χ2n) is 5.24. The van der Waals surface area contributed by atoms with Gasteiger partial charge in [-0.15, -0.1) is 10.6 Å². The molecular formula is C13H17NO4S. The summed E-state index contributed by atoms with van der Waals surface area (Å²) in [5, 5.41) is 3.96. The Morgan fingerprint density at radius 1 is 1.32 bits per heavy atom. The fraction of sp³-hybridized carbons (Fsp3) is 0.308. The van der Waals surface area contributed by atoms with Crippen molar-refractivity contribution in [2.75, 3.05) is 5.32 Å². The first kappa shape index (κ1) is 13.9.